The molecule has 0 aromatic heterocycles. The van der Waals surface area contributed by atoms with E-state index < -0.39 is 63.3 Å². The number of ether oxygens (including phenoxy) is 1. The molecule has 4 aliphatic carbocycles. The maximum atomic E-state index is 12.7. The molecule has 0 radical (unpaired) electrons. The highest BCUT2D eigenvalue weighted by Gasteiger charge is 2.88. The highest BCUT2D eigenvalue weighted by molar-refractivity contribution is 5.85. The first-order valence-electron chi connectivity index (χ1n) is 14.0. The van der Waals surface area contributed by atoms with E-state index >= 15 is 0 Å². The highest BCUT2D eigenvalue weighted by atomic mass is 35.5. The predicted molar refractivity (Wildman–Crippen MR) is 134 cm³/mol. The lowest BCUT2D eigenvalue weighted by atomic mass is 9.49. The van der Waals surface area contributed by atoms with E-state index in [0.717, 1.165) is 6.42 Å². The van der Waals surface area contributed by atoms with Gasteiger partial charge in [-0.25, -0.2) is 0 Å². The molecule has 1 spiro atoms. The fraction of sp³-hybridized carbons (Fsp3) is 1.00. The topological polar surface area (TPSA) is 154 Å². The fourth-order valence-electron chi connectivity index (χ4n) is 11.3. The molecule has 3 heterocycles. The van der Waals surface area contributed by atoms with Crippen LogP contribution in [-0.4, -0.2) is 106 Å². The summed E-state index contributed by atoms with van der Waals surface area (Å²) in [5.41, 5.74) is -9.07. The Balaban J connectivity index is 0.00000252. The number of hydrogen-bond acceptors (Lipinski definition) is 9. The Labute approximate surface area is 224 Å². The molecule has 0 aromatic rings. The van der Waals surface area contributed by atoms with Crippen LogP contribution < -0.4 is 0 Å². The van der Waals surface area contributed by atoms with Gasteiger partial charge in [0.25, 0.3) is 0 Å². The van der Waals surface area contributed by atoms with Crippen molar-refractivity contribution < 1.29 is 40.5 Å². The summed E-state index contributed by atoms with van der Waals surface area (Å²) in [7, 11) is 0. The van der Waals surface area contributed by atoms with Crippen molar-refractivity contribution in [2.45, 2.75) is 124 Å². The summed E-state index contributed by atoms with van der Waals surface area (Å²) in [5.74, 6) is -3.30. The van der Waals surface area contributed by atoms with Crippen molar-refractivity contribution in [2.24, 2.45) is 29.1 Å². The van der Waals surface area contributed by atoms with Crippen molar-refractivity contribution in [2.75, 3.05) is 13.1 Å². The Bertz CT molecular complexity index is 1000. The van der Waals surface area contributed by atoms with Gasteiger partial charge in [0.15, 0.2) is 5.79 Å². The van der Waals surface area contributed by atoms with E-state index in [-0.39, 0.29) is 43.8 Å². The summed E-state index contributed by atoms with van der Waals surface area (Å²) in [6, 6.07) is -0.360. The summed E-state index contributed by atoms with van der Waals surface area (Å²) in [4.78, 5) is 2.12. The predicted octanol–water partition coefficient (Wildman–Crippen LogP) is -0.104. The molecule has 14 atom stereocenters. The second-order valence-corrected chi connectivity index (χ2v) is 14.3. The first-order chi connectivity index (χ1) is 16.6. The van der Waals surface area contributed by atoms with Gasteiger partial charge in [0.1, 0.15) is 28.5 Å². The minimum absolute atomic E-state index is 0. The number of aliphatic hydroxyl groups excluding tert-OH is 2. The van der Waals surface area contributed by atoms with Crippen LogP contribution in [0.3, 0.4) is 0 Å². The monoisotopic (exact) mass is 545 g/mol. The van der Waals surface area contributed by atoms with Crippen LogP contribution in [0.25, 0.3) is 0 Å². The third kappa shape index (κ3) is 2.61. The van der Waals surface area contributed by atoms with E-state index in [1.54, 1.807) is 6.92 Å². The van der Waals surface area contributed by atoms with E-state index in [2.05, 4.69) is 11.8 Å². The minimum Gasteiger partial charge on any atom is -0.390 e. The molecule has 10 heteroatoms. The molecule has 4 bridgehead atoms. The Morgan fingerprint density at radius 1 is 0.784 bits per heavy atom. The van der Waals surface area contributed by atoms with Gasteiger partial charge >= 0.3 is 0 Å². The van der Waals surface area contributed by atoms with Crippen LogP contribution in [0.1, 0.15) is 72.1 Å². The largest absolute Gasteiger partial charge is 0.390 e. The van der Waals surface area contributed by atoms with Crippen LogP contribution in [-0.2, 0) is 4.74 Å². The van der Waals surface area contributed by atoms with E-state index in [1.165, 1.54) is 0 Å². The van der Waals surface area contributed by atoms with Crippen molar-refractivity contribution in [3.05, 3.63) is 0 Å². The first-order valence-corrected chi connectivity index (χ1v) is 14.0. The molecule has 7 fully saturated rings. The fourth-order valence-corrected chi connectivity index (χ4v) is 11.3. The molecule has 0 unspecified atom stereocenters. The molecular weight excluding hydrogens is 502 g/mol. The average Bonchev–Trinajstić information content (AvgIpc) is 2.97. The van der Waals surface area contributed by atoms with Crippen LogP contribution in [0, 0.1) is 29.1 Å². The van der Waals surface area contributed by atoms with Crippen molar-refractivity contribution in [1.29, 1.82) is 0 Å². The Kier molecular flexibility index (Phi) is 5.43. The SMILES string of the molecule is C[C@H]1CC[C@@H]2N(C1)C[C@@H]1[C@](O)([C@@H](O)C[C@@]3(O)[C@@H]4CC[C@@H]5[C@@]6(O)O[C@]4(C[C@@]13O)[C@@]5(C)CC[C@H]6O)[C@]2(C)O.Cl. The normalized spacial score (nSPS) is 66.2. The number of aliphatic hydroxyl groups is 7. The molecule has 7 N–H and O–H groups in total. The van der Waals surface area contributed by atoms with E-state index in [9.17, 15) is 35.7 Å². The summed E-state index contributed by atoms with van der Waals surface area (Å²) in [5, 5.41) is 83.2. The maximum absolute atomic E-state index is 12.7. The summed E-state index contributed by atoms with van der Waals surface area (Å²) < 4.78 is 6.52. The quantitative estimate of drug-likeness (QED) is 0.221. The molecule has 212 valence electrons. The molecule has 7 aliphatic rings. The molecular formula is C27H44ClNO8. The van der Waals surface area contributed by atoms with Crippen LogP contribution in [0.15, 0.2) is 0 Å². The molecule has 37 heavy (non-hydrogen) atoms. The van der Waals surface area contributed by atoms with E-state index in [0.29, 0.717) is 44.6 Å². The van der Waals surface area contributed by atoms with Gasteiger partial charge in [-0.15, -0.1) is 12.4 Å². The lowest BCUT2D eigenvalue weighted by Crippen LogP contribution is -2.85. The summed E-state index contributed by atoms with van der Waals surface area (Å²) >= 11 is 0. The third-order valence-corrected chi connectivity index (χ3v) is 13.1. The van der Waals surface area contributed by atoms with Gasteiger partial charge in [-0.3, -0.25) is 4.90 Å². The average molecular weight is 546 g/mol. The smallest absolute Gasteiger partial charge is 0.196 e. The van der Waals surface area contributed by atoms with Crippen molar-refractivity contribution in [1.82, 2.24) is 4.90 Å². The van der Waals surface area contributed by atoms with Crippen molar-refractivity contribution in [3.63, 3.8) is 0 Å². The van der Waals surface area contributed by atoms with Crippen LogP contribution in [0.4, 0.5) is 0 Å². The molecule has 7 rings (SSSR count). The number of piperidine rings is 2. The molecule has 3 saturated heterocycles. The number of hydrogen-bond donors (Lipinski definition) is 7. The number of fused-ring (bicyclic) bond motifs is 5. The molecule has 0 aromatic carbocycles. The Morgan fingerprint density at radius 3 is 2.16 bits per heavy atom. The van der Waals surface area contributed by atoms with Gasteiger partial charge in [0.2, 0.25) is 0 Å². The van der Waals surface area contributed by atoms with Crippen molar-refractivity contribution >= 4 is 12.4 Å². The van der Waals surface area contributed by atoms with E-state index in [1.807, 2.05) is 6.92 Å². The van der Waals surface area contributed by atoms with Crippen LogP contribution >= 0.6 is 12.4 Å². The lowest BCUT2D eigenvalue weighted by molar-refractivity contribution is -0.354. The first kappa shape index (κ1) is 27.1. The Morgan fingerprint density at radius 2 is 1.46 bits per heavy atom. The van der Waals surface area contributed by atoms with Gasteiger partial charge in [0.05, 0.1) is 11.7 Å². The maximum Gasteiger partial charge on any atom is 0.196 e. The zero-order valence-corrected chi connectivity index (χ0v) is 22.8. The van der Waals surface area contributed by atoms with Crippen LogP contribution in [0.5, 0.6) is 0 Å². The van der Waals surface area contributed by atoms with Crippen LogP contribution in [0.2, 0.25) is 0 Å². The third-order valence-electron chi connectivity index (χ3n) is 13.1. The van der Waals surface area contributed by atoms with Gasteiger partial charge in [0, 0.05) is 55.1 Å². The molecule has 0 amide bonds. The number of nitrogens with zero attached hydrogens (tertiary/aromatic N) is 1. The second kappa shape index (κ2) is 7.41. The zero-order chi connectivity index (χ0) is 25.9. The second-order valence-electron chi connectivity index (χ2n) is 14.3. The molecule has 9 nitrogen and oxygen atoms in total. The molecule has 3 aliphatic heterocycles. The summed E-state index contributed by atoms with van der Waals surface area (Å²) in [6.45, 7) is 6.70. The van der Waals surface area contributed by atoms with E-state index in [4.69, 9.17) is 4.74 Å². The number of halogens is 1. The Hall–Kier alpha value is -0.0700. The lowest BCUT2D eigenvalue weighted by Gasteiger charge is -2.68. The van der Waals surface area contributed by atoms with Gasteiger partial charge < -0.3 is 40.5 Å². The standard InChI is InChI=1S/C27H43NO8.ClH/c1-14-4-7-18-22(3,31)26(34)17(12-28(18)11-14)24(33)13-25-16(23(24,32)10-20(26)30)6-5-15-21(25,2)9-8-19(29)27(15,35)36-25;/h14-20,29-35H,4-13H2,1-3H3;1H/t14-,15-,16-,17-,18-,19+,20-,21-,22+,23+,24+,25-,26-,27+;/m0./s1. The minimum atomic E-state index is -2.02. The van der Waals surface area contributed by atoms with Gasteiger partial charge in [-0.05, 0) is 51.4 Å². The highest BCUT2D eigenvalue weighted by Crippen LogP contribution is 2.78. The summed E-state index contributed by atoms with van der Waals surface area (Å²) in [6.07, 6.45) is 0.752. The van der Waals surface area contributed by atoms with Gasteiger partial charge in [-0.1, -0.05) is 13.8 Å². The number of rotatable bonds is 0. The van der Waals surface area contributed by atoms with Crippen molar-refractivity contribution in [3.8, 4) is 0 Å². The van der Waals surface area contributed by atoms with Gasteiger partial charge in [-0.2, -0.15) is 0 Å². The molecule has 4 saturated carbocycles. The zero-order valence-electron chi connectivity index (χ0n) is 22.0.